The van der Waals surface area contributed by atoms with Gasteiger partial charge in [0.15, 0.2) is 0 Å². The number of hydrogen-bond donors (Lipinski definition) is 1. The second-order valence-corrected chi connectivity index (χ2v) is 5.39. The second kappa shape index (κ2) is 5.77. The van der Waals surface area contributed by atoms with Crippen LogP contribution >= 0.6 is 0 Å². The smallest absolute Gasteiger partial charge is 0.257 e. The number of amides is 1. The van der Waals surface area contributed by atoms with Gasteiger partial charge in [0.1, 0.15) is 6.33 Å². The minimum absolute atomic E-state index is 0.00200. The molecule has 3 heterocycles. The lowest BCUT2D eigenvalue weighted by atomic mass is 10.1. The van der Waals surface area contributed by atoms with Crippen molar-refractivity contribution in [3.63, 3.8) is 0 Å². The molecule has 2 aromatic rings. The monoisotopic (exact) mass is 289 g/mol. The second-order valence-electron chi connectivity index (χ2n) is 5.39. The van der Waals surface area contributed by atoms with Crippen LogP contribution in [0.3, 0.4) is 0 Å². The Bertz CT molecular complexity index is 654. The van der Waals surface area contributed by atoms with Gasteiger partial charge in [-0.25, -0.2) is 9.50 Å². The fraction of sp³-hybridized carbons (Fsp3) is 0.571. The van der Waals surface area contributed by atoms with Gasteiger partial charge in [0, 0.05) is 25.4 Å². The zero-order valence-electron chi connectivity index (χ0n) is 12.1. The Labute approximate surface area is 122 Å². The minimum Gasteiger partial charge on any atom is -0.396 e. The highest BCUT2D eigenvalue weighted by Crippen LogP contribution is 2.24. The predicted octanol–water partition coefficient (Wildman–Crippen LogP) is 0.810. The van der Waals surface area contributed by atoms with E-state index in [0.717, 1.165) is 37.9 Å². The molecule has 2 aromatic heterocycles. The molecule has 1 unspecified atom stereocenters. The van der Waals surface area contributed by atoms with E-state index >= 15 is 0 Å². The van der Waals surface area contributed by atoms with Crippen LogP contribution in [0, 0.1) is 6.92 Å². The summed E-state index contributed by atoms with van der Waals surface area (Å²) in [7, 11) is 0. The fourth-order valence-electron chi connectivity index (χ4n) is 2.98. The molecule has 112 valence electrons. The summed E-state index contributed by atoms with van der Waals surface area (Å²) >= 11 is 0. The number of aryl methyl sites for hydroxylation is 1. The fourth-order valence-corrected chi connectivity index (χ4v) is 2.98. The third-order valence-electron chi connectivity index (χ3n) is 4.11. The van der Waals surface area contributed by atoms with E-state index < -0.39 is 0 Å². The first-order valence-corrected chi connectivity index (χ1v) is 7.29. The van der Waals surface area contributed by atoms with Crippen LogP contribution in [0.4, 0.5) is 0 Å². The first kappa shape index (κ1) is 13.9. The van der Waals surface area contributed by atoms with Gasteiger partial charge in [0.2, 0.25) is 0 Å². The molecule has 1 N–H and O–H groups in total. The molecule has 0 bridgehead atoms. The highest BCUT2D eigenvalue weighted by atomic mass is 16.3. The minimum atomic E-state index is -0.00200. The van der Waals surface area contributed by atoms with Crippen LogP contribution in [0.5, 0.6) is 0 Å². The van der Waals surface area contributed by atoms with Crippen LogP contribution in [0.15, 0.2) is 12.5 Å². The van der Waals surface area contributed by atoms with Crippen LogP contribution in [-0.2, 0) is 0 Å². The standard InChI is InChI=1S/C14H19N5O2/c1-10-12(8-15-14-16-9-17-19(10)14)13(21)18-6-2-4-11(18)5-3-7-20/h8-9,11,20H,2-7H2,1H3. The van der Waals surface area contributed by atoms with Gasteiger partial charge >= 0.3 is 0 Å². The normalized spacial score (nSPS) is 18.6. The first-order chi connectivity index (χ1) is 10.2. The molecule has 1 aliphatic heterocycles. The number of aliphatic hydroxyl groups is 1. The Morgan fingerprint density at radius 2 is 2.33 bits per heavy atom. The summed E-state index contributed by atoms with van der Waals surface area (Å²) in [6.45, 7) is 2.79. The summed E-state index contributed by atoms with van der Waals surface area (Å²) in [5, 5.41) is 13.1. The van der Waals surface area contributed by atoms with Crippen molar-refractivity contribution in [2.45, 2.75) is 38.6 Å². The van der Waals surface area contributed by atoms with Gasteiger partial charge in [0.05, 0.1) is 11.3 Å². The molecule has 21 heavy (non-hydrogen) atoms. The van der Waals surface area contributed by atoms with Crippen molar-refractivity contribution >= 4 is 11.7 Å². The largest absolute Gasteiger partial charge is 0.396 e. The Balaban J connectivity index is 1.87. The SMILES string of the molecule is Cc1c(C(=O)N2CCCC2CCCO)cnc2ncnn12. The summed E-state index contributed by atoms with van der Waals surface area (Å²) in [4.78, 5) is 22.9. The zero-order chi connectivity index (χ0) is 14.8. The van der Waals surface area contributed by atoms with Crippen LogP contribution < -0.4 is 0 Å². The van der Waals surface area contributed by atoms with Crippen LogP contribution in [0.1, 0.15) is 41.7 Å². The van der Waals surface area contributed by atoms with E-state index in [4.69, 9.17) is 5.11 Å². The average molecular weight is 289 g/mol. The molecular formula is C14H19N5O2. The maximum Gasteiger partial charge on any atom is 0.257 e. The summed E-state index contributed by atoms with van der Waals surface area (Å²) in [5.41, 5.74) is 1.33. The molecule has 1 aliphatic rings. The van der Waals surface area contributed by atoms with E-state index in [9.17, 15) is 4.79 Å². The number of aliphatic hydroxyl groups excluding tert-OH is 1. The number of nitrogens with zero attached hydrogens (tertiary/aromatic N) is 5. The number of hydrogen-bond acceptors (Lipinski definition) is 5. The zero-order valence-corrected chi connectivity index (χ0v) is 12.1. The molecule has 0 radical (unpaired) electrons. The van der Waals surface area contributed by atoms with Gasteiger partial charge < -0.3 is 10.0 Å². The quantitative estimate of drug-likeness (QED) is 0.900. The van der Waals surface area contributed by atoms with Crippen molar-refractivity contribution in [1.29, 1.82) is 0 Å². The molecule has 1 fully saturated rings. The lowest BCUT2D eigenvalue weighted by Crippen LogP contribution is -2.36. The summed E-state index contributed by atoms with van der Waals surface area (Å²) in [6, 6.07) is 0.218. The molecular weight excluding hydrogens is 270 g/mol. The summed E-state index contributed by atoms with van der Waals surface area (Å²) in [5.74, 6) is 0.500. The predicted molar refractivity (Wildman–Crippen MR) is 75.9 cm³/mol. The lowest BCUT2D eigenvalue weighted by Gasteiger charge is -2.25. The Kier molecular flexibility index (Phi) is 3.83. The number of rotatable bonds is 4. The number of fused-ring (bicyclic) bond motifs is 1. The molecule has 3 rings (SSSR count). The Morgan fingerprint density at radius 3 is 3.14 bits per heavy atom. The first-order valence-electron chi connectivity index (χ1n) is 7.29. The van der Waals surface area contributed by atoms with Gasteiger partial charge in [-0.15, -0.1) is 0 Å². The van der Waals surface area contributed by atoms with Crippen molar-refractivity contribution < 1.29 is 9.90 Å². The molecule has 1 amide bonds. The molecule has 0 aromatic carbocycles. The highest BCUT2D eigenvalue weighted by molar-refractivity contribution is 5.95. The molecule has 1 atom stereocenters. The Hall–Kier alpha value is -2.02. The average Bonchev–Trinajstić information content (AvgIpc) is 3.14. The van der Waals surface area contributed by atoms with Crippen molar-refractivity contribution in [2.75, 3.05) is 13.2 Å². The lowest BCUT2D eigenvalue weighted by molar-refractivity contribution is 0.0722. The van der Waals surface area contributed by atoms with Crippen LogP contribution in [-0.4, -0.2) is 54.7 Å². The van der Waals surface area contributed by atoms with Crippen molar-refractivity contribution in [2.24, 2.45) is 0 Å². The number of carbonyl (C=O) groups is 1. The molecule has 7 heteroatoms. The number of aromatic nitrogens is 4. The molecule has 1 saturated heterocycles. The highest BCUT2D eigenvalue weighted by Gasteiger charge is 2.30. The molecule has 0 spiro atoms. The topological polar surface area (TPSA) is 83.6 Å². The van der Waals surface area contributed by atoms with Gasteiger partial charge in [-0.05, 0) is 32.6 Å². The maximum absolute atomic E-state index is 12.8. The van der Waals surface area contributed by atoms with Gasteiger partial charge in [-0.2, -0.15) is 10.1 Å². The van der Waals surface area contributed by atoms with Crippen molar-refractivity contribution in [3.8, 4) is 0 Å². The van der Waals surface area contributed by atoms with Gasteiger partial charge in [0.25, 0.3) is 11.7 Å². The Morgan fingerprint density at radius 1 is 1.48 bits per heavy atom. The molecule has 0 aliphatic carbocycles. The van der Waals surface area contributed by atoms with E-state index in [0.29, 0.717) is 11.3 Å². The summed E-state index contributed by atoms with van der Waals surface area (Å²) in [6.07, 6.45) is 6.62. The van der Waals surface area contributed by atoms with Crippen molar-refractivity contribution in [3.05, 3.63) is 23.8 Å². The van der Waals surface area contributed by atoms with E-state index in [1.54, 1.807) is 10.7 Å². The molecule has 0 saturated carbocycles. The van der Waals surface area contributed by atoms with Crippen LogP contribution in [0.25, 0.3) is 5.78 Å². The van der Waals surface area contributed by atoms with Crippen molar-refractivity contribution in [1.82, 2.24) is 24.5 Å². The molecule has 7 nitrogen and oxygen atoms in total. The van der Waals surface area contributed by atoms with E-state index in [1.807, 2.05) is 11.8 Å². The third-order valence-corrected chi connectivity index (χ3v) is 4.11. The van der Waals surface area contributed by atoms with E-state index in [1.165, 1.54) is 6.33 Å². The maximum atomic E-state index is 12.8. The number of likely N-dealkylation sites (tertiary alicyclic amines) is 1. The van der Waals surface area contributed by atoms with E-state index in [-0.39, 0.29) is 18.6 Å². The number of carbonyl (C=O) groups excluding carboxylic acids is 1. The summed E-state index contributed by atoms with van der Waals surface area (Å²) < 4.78 is 1.59. The third kappa shape index (κ3) is 2.49. The van der Waals surface area contributed by atoms with Crippen LogP contribution in [0.2, 0.25) is 0 Å². The van der Waals surface area contributed by atoms with E-state index in [2.05, 4.69) is 15.1 Å². The van der Waals surface area contributed by atoms with Gasteiger partial charge in [-0.1, -0.05) is 0 Å². The van der Waals surface area contributed by atoms with Gasteiger partial charge in [-0.3, -0.25) is 4.79 Å².